The molecule has 0 aliphatic heterocycles. The van der Waals surface area contributed by atoms with Crippen molar-refractivity contribution in [3.63, 3.8) is 0 Å². The maximum Gasteiger partial charge on any atom is 0.346 e. The minimum absolute atomic E-state index is 0.324. The van der Waals surface area contributed by atoms with E-state index in [1.54, 1.807) is 25.1 Å². The van der Waals surface area contributed by atoms with Gasteiger partial charge in [-0.25, -0.2) is 14.0 Å². The molecule has 0 N–H and O–H groups in total. The van der Waals surface area contributed by atoms with Crippen LogP contribution in [0, 0.1) is 5.82 Å². The van der Waals surface area contributed by atoms with Crippen LogP contribution in [0.5, 0.6) is 5.75 Å². The number of carbonyl (C=O) groups excluding carboxylic acids is 1. The molecule has 1 aromatic heterocycles. The Bertz CT molecular complexity index is 975. The zero-order chi connectivity index (χ0) is 18.0. The quantitative estimate of drug-likeness (QED) is 0.536. The van der Waals surface area contributed by atoms with E-state index in [0.29, 0.717) is 27.8 Å². The maximum atomic E-state index is 13.0. The highest BCUT2D eigenvalue weighted by Crippen LogP contribution is 2.25. The van der Waals surface area contributed by atoms with Crippen molar-refractivity contribution in [2.24, 2.45) is 0 Å². The Morgan fingerprint density at radius 1 is 1.12 bits per heavy atom. The van der Waals surface area contributed by atoms with Gasteiger partial charge in [-0.15, -0.1) is 0 Å². The first-order chi connectivity index (χ1) is 12.0. The highest BCUT2D eigenvalue weighted by atomic mass is 19.1. The molecule has 6 heteroatoms. The van der Waals surface area contributed by atoms with Crippen LogP contribution in [-0.4, -0.2) is 19.2 Å². The molecule has 3 aromatic rings. The summed E-state index contributed by atoms with van der Waals surface area (Å²) in [7, 11) is 1.28. The number of methoxy groups -OCH3 is 1. The van der Waals surface area contributed by atoms with Crippen molar-refractivity contribution in [3.05, 3.63) is 64.8 Å². The molecule has 3 rings (SSSR count). The molecular formula is C19H15FO5. The zero-order valence-electron chi connectivity index (χ0n) is 13.6. The van der Waals surface area contributed by atoms with E-state index in [1.165, 1.54) is 37.4 Å². The molecule has 0 spiro atoms. The van der Waals surface area contributed by atoms with Crippen LogP contribution in [0.1, 0.15) is 6.92 Å². The Morgan fingerprint density at radius 3 is 2.52 bits per heavy atom. The molecule has 1 heterocycles. The van der Waals surface area contributed by atoms with Gasteiger partial charge < -0.3 is 13.9 Å². The third kappa shape index (κ3) is 3.52. The van der Waals surface area contributed by atoms with Gasteiger partial charge in [-0.3, -0.25) is 0 Å². The summed E-state index contributed by atoms with van der Waals surface area (Å²) >= 11 is 0. The van der Waals surface area contributed by atoms with Crippen molar-refractivity contribution in [1.29, 1.82) is 0 Å². The van der Waals surface area contributed by atoms with E-state index in [2.05, 4.69) is 4.74 Å². The number of carbonyl (C=O) groups is 1. The Labute approximate surface area is 142 Å². The molecule has 0 aliphatic rings. The Morgan fingerprint density at radius 2 is 1.84 bits per heavy atom. The molecule has 1 unspecified atom stereocenters. The average Bonchev–Trinajstić information content (AvgIpc) is 2.61. The minimum Gasteiger partial charge on any atom is -0.479 e. The number of rotatable bonds is 4. The van der Waals surface area contributed by atoms with Crippen LogP contribution in [0.25, 0.3) is 22.1 Å². The fourth-order valence-corrected chi connectivity index (χ4v) is 2.41. The molecule has 0 saturated heterocycles. The molecule has 1 atom stereocenters. The highest BCUT2D eigenvalue weighted by molar-refractivity contribution is 5.83. The van der Waals surface area contributed by atoms with E-state index in [0.717, 1.165) is 0 Å². The lowest BCUT2D eigenvalue weighted by Gasteiger charge is -2.12. The second kappa shape index (κ2) is 6.76. The van der Waals surface area contributed by atoms with Gasteiger partial charge in [-0.1, -0.05) is 12.1 Å². The molecule has 0 radical (unpaired) electrons. The lowest BCUT2D eigenvalue weighted by atomic mass is 10.1. The van der Waals surface area contributed by atoms with Crippen LogP contribution in [0.15, 0.2) is 57.7 Å². The summed E-state index contributed by atoms with van der Waals surface area (Å²) in [6, 6.07) is 12.2. The maximum absolute atomic E-state index is 13.0. The predicted molar refractivity (Wildman–Crippen MR) is 90.0 cm³/mol. The smallest absolute Gasteiger partial charge is 0.346 e. The van der Waals surface area contributed by atoms with E-state index in [9.17, 15) is 14.0 Å². The largest absolute Gasteiger partial charge is 0.479 e. The van der Waals surface area contributed by atoms with Gasteiger partial charge in [0.2, 0.25) is 0 Å². The Kier molecular flexibility index (Phi) is 4.52. The molecule has 128 valence electrons. The van der Waals surface area contributed by atoms with E-state index < -0.39 is 17.7 Å². The summed E-state index contributed by atoms with van der Waals surface area (Å²) < 4.78 is 28.4. The summed E-state index contributed by atoms with van der Waals surface area (Å²) in [4.78, 5) is 23.6. The number of hydrogen-bond acceptors (Lipinski definition) is 5. The molecule has 0 amide bonds. The summed E-state index contributed by atoms with van der Waals surface area (Å²) in [5.74, 6) is -0.508. The van der Waals surface area contributed by atoms with Gasteiger partial charge >= 0.3 is 11.6 Å². The average molecular weight is 342 g/mol. The number of fused-ring (bicyclic) bond motifs is 1. The Balaban J connectivity index is 1.97. The topological polar surface area (TPSA) is 65.7 Å². The second-order valence-corrected chi connectivity index (χ2v) is 5.44. The van der Waals surface area contributed by atoms with Crippen LogP contribution in [-0.2, 0) is 9.53 Å². The van der Waals surface area contributed by atoms with Crippen LogP contribution >= 0.6 is 0 Å². The van der Waals surface area contributed by atoms with Crippen molar-refractivity contribution >= 4 is 16.9 Å². The van der Waals surface area contributed by atoms with E-state index in [-0.39, 0.29) is 5.82 Å². The second-order valence-electron chi connectivity index (χ2n) is 5.44. The normalized spacial score (nSPS) is 12.0. The van der Waals surface area contributed by atoms with Crippen molar-refractivity contribution in [2.45, 2.75) is 13.0 Å². The van der Waals surface area contributed by atoms with Crippen molar-refractivity contribution in [3.8, 4) is 16.9 Å². The monoisotopic (exact) mass is 342 g/mol. The number of ether oxygens (including phenoxy) is 2. The molecule has 0 saturated carbocycles. The zero-order valence-corrected chi connectivity index (χ0v) is 13.6. The van der Waals surface area contributed by atoms with Gasteiger partial charge in [0.1, 0.15) is 17.1 Å². The van der Waals surface area contributed by atoms with E-state index in [1.807, 2.05) is 0 Å². The number of benzene rings is 2. The standard InChI is InChI=1S/C19H15FO5/c1-11(18(21)23-2)24-15-8-5-13-9-16(19(22)25-17(13)10-15)12-3-6-14(20)7-4-12/h3-11H,1-2H3. The molecule has 5 nitrogen and oxygen atoms in total. The SMILES string of the molecule is COC(=O)C(C)Oc1ccc2cc(-c3ccc(F)cc3)c(=O)oc2c1. The fourth-order valence-electron chi connectivity index (χ4n) is 2.41. The van der Waals surface area contributed by atoms with E-state index in [4.69, 9.17) is 9.15 Å². The highest BCUT2D eigenvalue weighted by Gasteiger charge is 2.15. The van der Waals surface area contributed by atoms with Crippen molar-refractivity contribution in [2.75, 3.05) is 7.11 Å². The first-order valence-electron chi connectivity index (χ1n) is 7.56. The molecule has 0 fully saturated rings. The Hall–Kier alpha value is -3.15. The van der Waals surface area contributed by atoms with Crippen molar-refractivity contribution < 1.29 is 23.1 Å². The molecule has 2 aromatic carbocycles. The number of hydrogen-bond donors (Lipinski definition) is 0. The summed E-state index contributed by atoms with van der Waals surface area (Å²) in [5.41, 5.74) is 0.684. The molecule has 25 heavy (non-hydrogen) atoms. The van der Waals surface area contributed by atoms with Crippen molar-refractivity contribution in [1.82, 2.24) is 0 Å². The van der Waals surface area contributed by atoms with Gasteiger partial charge in [0.25, 0.3) is 0 Å². The summed E-state index contributed by atoms with van der Waals surface area (Å²) in [6.45, 7) is 1.56. The predicted octanol–water partition coefficient (Wildman–Crippen LogP) is 3.54. The van der Waals surface area contributed by atoms with Crippen LogP contribution in [0.2, 0.25) is 0 Å². The van der Waals surface area contributed by atoms with Gasteiger partial charge in [0, 0.05) is 11.5 Å². The first-order valence-corrected chi connectivity index (χ1v) is 7.56. The third-order valence-corrected chi connectivity index (χ3v) is 3.71. The van der Waals surface area contributed by atoms with Crippen LogP contribution in [0.4, 0.5) is 4.39 Å². The molecular weight excluding hydrogens is 327 g/mol. The summed E-state index contributed by atoms with van der Waals surface area (Å²) in [5, 5.41) is 0.678. The van der Waals surface area contributed by atoms with Gasteiger partial charge in [0.15, 0.2) is 6.10 Å². The van der Waals surface area contributed by atoms with Gasteiger partial charge in [0.05, 0.1) is 12.7 Å². The minimum atomic E-state index is -0.785. The van der Waals surface area contributed by atoms with Gasteiger partial charge in [-0.2, -0.15) is 0 Å². The molecule has 0 bridgehead atoms. The van der Waals surface area contributed by atoms with Crippen LogP contribution < -0.4 is 10.4 Å². The summed E-state index contributed by atoms with van der Waals surface area (Å²) in [6.07, 6.45) is -0.785. The van der Waals surface area contributed by atoms with Gasteiger partial charge in [-0.05, 0) is 42.8 Å². The number of esters is 1. The third-order valence-electron chi connectivity index (χ3n) is 3.71. The lowest BCUT2D eigenvalue weighted by Crippen LogP contribution is -2.24. The number of halogens is 1. The molecule has 0 aliphatic carbocycles. The lowest BCUT2D eigenvalue weighted by molar-refractivity contribution is -0.147. The first kappa shape index (κ1) is 16.7. The van der Waals surface area contributed by atoms with Crippen LogP contribution in [0.3, 0.4) is 0 Å². The van der Waals surface area contributed by atoms with E-state index >= 15 is 0 Å². The fraction of sp³-hybridized carbons (Fsp3) is 0.158.